The van der Waals surface area contributed by atoms with E-state index < -0.39 is 12.1 Å². The Hall–Kier alpha value is -2.66. The molecular formula is C18H19NO4. The highest BCUT2D eigenvalue weighted by atomic mass is 16.5. The number of aliphatic hydroxyl groups is 1. The largest absolute Gasteiger partial charge is 0.469 e. The predicted molar refractivity (Wildman–Crippen MR) is 87.2 cm³/mol. The lowest BCUT2D eigenvalue weighted by molar-refractivity contribution is -0.142. The highest BCUT2D eigenvalue weighted by Crippen LogP contribution is 2.22. The first-order valence-electron chi connectivity index (χ1n) is 7.23. The predicted octanol–water partition coefficient (Wildman–Crippen LogP) is 2.84. The van der Waals surface area contributed by atoms with Gasteiger partial charge in [0.1, 0.15) is 0 Å². The molecule has 0 aliphatic heterocycles. The molecule has 0 aromatic heterocycles. The summed E-state index contributed by atoms with van der Waals surface area (Å²) in [7, 11) is 1.26. The van der Waals surface area contributed by atoms with E-state index in [1.54, 1.807) is 36.4 Å². The summed E-state index contributed by atoms with van der Waals surface area (Å²) in [5, 5.41) is 13.0. The monoisotopic (exact) mass is 313 g/mol. The summed E-state index contributed by atoms with van der Waals surface area (Å²) < 4.78 is 4.55. The van der Waals surface area contributed by atoms with Crippen molar-refractivity contribution in [2.75, 3.05) is 12.4 Å². The SMILES string of the molecule is COC(=O)CC(O)c1ccccc1C(=O)Nc1ccc(C)cc1. The quantitative estimate of drug-likeness (QED) is 0.832. The van der Waals surface area contributed by atoms with Crippen LogP contribution in [-0.2, 0) is 9.53 Å². The average Bonchev–Trinajstić information content (AvgIpc) is 2.56. The van der Waals surface area contributed by atoms with Crippen molar-refractivity contribution in [2.24, 2.45) is 0 Å². The first-order valence-corrected chi connectivity index (χ1v) is 7.23. The van der Waals surface area contributed by atoms with Gasteiger partial charge in [0.15, 0.2) is 0 Å². The highest BCUT2D eigenvalue weighted by Gasteiger charge is 2.20. The third-order valence-electron chi connectivity index (χ3n) is 3.46. The number of aryl methyl sites for hydroxylation is 1. The van der Waals surface area contributed by atoms with E-state index in [1.165, 1.54) is 7.11 Å². The Labute approximate surface area is 134 Å². The number of anilines is 1. The molecule has 0 spiro atoms. The van der Waals surface area contributed by atoms with E-state index in [-0.39, 0.29) is 12.3 Å². The summed E-state index contributed by atoms with van der Waals surface area (Å²) in [5.41, 5.74) is 2.47. The fourth-order valence-electron chi connectivity index (χ4n) is 2.18. The number of benzene rings is 2. The summed E-state index contributed by atoms with van der Waals surface area (Å²) in [6.07, 6.45) is -1.30. The third kappa shape index (κ3) is 4.40. The molecule has 5 heteroatoms. The fourth-order valence-corrected chi connectivity index (χ4v) is 2.18. The first-order chi connectivity index (χ1) is 11.0. The number of hydrogen-bond acceptors (Lipinski definition) is 4. The van der Waals surface area contributed by atoms with E-state index in [0.717, 1.165) is 5.56 Å². The van der Waals surface area contributed by atoms with Gasteiger partial charge in [-0.05, 0) is 30.7 Å². The number of esters is 1. The Balaban J connectivity index is 2.20. The zero-order chi connectivity index (χ0) is 16.8. The first kappa shape index (κ1) is 16.7. The van der Waals surface area contributed by atoms with Gasteiger partial charge in [-0.15, -0.1) is 0 Å². The van der Waals surface area contributed by atoms with Crippen LogP contribution in [0.25, 0.3) is 0 Å². The van der Waals surface area contributed by atoms with Gasteiger partial charge < -0.3 is 15.2 Å². The molecule has 2 N–H and O–H groups in total. The van der Waals surface area contributed by atoms with Crippen LogP contribution in [-0.4, -0.2) is 24.1 Å². The van der Waals surface area contributed by atoms with Crippen LogP contribution in [0.4, 0.5) is 5.69 Å². The Morgan fingerprint density at radius 1 is 1.13 bits per heavy atom. The number of ether oxygens (including phenoxy) is 1. The molecule has 1 unspecified atom stereocenters. The number of rotatable bonds is 5. The van der Waals surface area contributed by atoms with E-state index in [9.17, 15) is 14.7 Å². The Morgan fingerprint density at radius 3 is 2.43 bits per heavy atom. The van der Waals surface area contributed by atoms with Crippen LogP contribution in [0, 0.1) is 6.92 Å². The highest BCUT2D eigenvalue weighted by molar-refractivity contribution is 6.05. The Kier molecular flexibility index (Phi) is 5.49. The molecule has 0 heterocycles. The molecule has 23 heavy (non-hydrogen) atoms. The van der Waals surface area contributed by atoms with Gasteiger partial charge in [0.2, 0.25) is 0 Å². The topological polar surface area (TPSA) is 75.6 Å². The normalized spacial score (nSPS) is 11.6. The van der Waals surface area contributed by atoms with Gasteiger partial charge in [0, 0.05) is 11.3 Å². The number of carbonyl (C=O) groups is 2. The van der Waals surface area contributed by atoms with E-state index in [0.29, 0.717) is 16.8 Å². The van der Waals surface area contributed by atoms with Gasteiger partial charge in [-0.2, -0.15) is 0 Å². The number of nitrogens with one attached hydrogen (secondary N) is 1. The second-order valence-corrected chi connectivity index (χ2v) is 5.20. The van der Waals surface area contributed by atoms with Crippen LogP contribution < -0.4 is 5.32 Å². The smallest absolute Gasteiger partial charge is 0.308 e. The molecule has 0 aliphatic rings. The third-order valence-corrected chi connectivity index (χ3v) is 3.46. The Bertz CT molecular complexity index is 694. The minimum atomic E-state index is -1.09. The summed E-state index contributed by atoms with van der Waals surface area (Å²) in [6, 6.07) is 14.1. The van der Waals surface area contributed by atoms with Crippen LogP contribution in [0.5, 0.6) is 0 Å². The standard InChI is InChI=1S/C18H19NO4/c1-12-7-9-13(10-8-12)19-18(22)15-6-4-3-5-14(15)16(20)11-17(21)23-2/h3-10,16,20H,11H2,1-2H3,(H,19,22). The van der Waals surface area contributed by atoms with E-state index in [2.05, 4.69) is 10.1 Å². The molecule has 2 aromatic carbocycles. The van der Waals surface area contributed by atoms with Crippen molar-refractivity contribution in [1.29, 1.82) is 0 Å². The van der Waals surface area contributed by atoms with Crippen molar-refractivity contribution in [2.45, 2.75) is 19.4 Å². The maximum atomic E-state index is 12.4. The van der Waals surface area contributed by atoms with Crippen LogP contribution in [0.3, 0.4) is 0 Å². The van der Waals surface area contributed by atoms with Crippen molar-refractivity contribution in [1.82, 2.24) is 0 Å². The minimum Gasteiger partial charge on any atom is -0.469 e. The van der Waals surface area contributed by atoms with Gasteiger partial charge >= 0.3 is 5.97 Å². The van der Waals surface area contributed by atoms with E-state index in [1.807, 2.05) is 19.1 Å². The average molecular weight is 313 g/mol. The number of hydrogen-bond donors (Lipinski definition) is 2. The maximum absolute atomic E-state index is 12.4. The molecule has 120 valence electrons. The summed E-state index contributed by atoms with van der Waals surface area (Å²) in [5.74, 6) is -0.875. The molecule has 2 rings (SSSR count). The number of carbonyl (C=O) groups excluding carboxylic acids is 2. The molecule has 5 nitrogen and oxygen atoms in total. The minimum absolute atomic E-state index is 0.203. The molecule has 1 atom stereocenters. The number of aliphatic hydroxyl groups excluding tert-OH is 1. The van der Waals surface area contributed by atoms with Crippen molar-refractivity contribution in [3.8, 4) is 0 Å². The van der Waals surface area contributed by atoms with E-state index in [4.69, 9.17) is 0 Å². The van der Waals surface area contributed by atoms with Gasteiger partial charge in [0.25, 0.3) is 5.91 Å². The van der Waals surface area contributed by atoms with Crippen molar-refractivity contribution >= 4 is 17.6 Å². The lowest BCUT2D eigenvalue weighted by Gasteiger charge is -2.14. The summed E-state index contributed by atoms with van der Waals surface area (Å²) >= 11 is 0. The van der Waals surface area contributed by atoms with Crippen molar-refractivity contribution < 1.29 is 19.4 Å². The van der Waals surface area contributed by atoms with E-state index >= 15 is 0 Å². The molecule has 0 radical (unpaired) electrons. The molecule has 0 saturated carbocycles. The molecule has 2 aromatic rings. The zero-order valence-corrected chi connectivity index (χ0v) is 13.1. The number of methoxy groups -OCH3 is 1. The second-order valence-electron chi connectivity index (χ2n) is 5.20. The van der Waals surface area contributed by atoms with Gasteiger partial charge in [0.05, 0.1) is 19.6 Å². The van der Waals surface area contributed by atoms with Crippen molar-refractivity contribution in [3.63, 3.8) is 0 Å². The molecule has 0 bridgehead atoms. The fraction of sp³-hybridized carbons (Fsp3) is 0.222. The molecular weight excluding hydrogens is 294 g/mol. The zero-order valence-electron chi connectivity index (χ0n) is 13.1. The van der Waals surface area contributed by atoms with Gasteiger partial charge in [-0.1, -0.05) is 35.9 Å². The maximum Gasteiger partial charge on any atom is 0.308 e. The van der Waals surface area contributed by atoms with Crippen LogP contribution >= 0.6 is 0 Å². The second kappa shape index (κ2) is 7.56. The van der Waals surface area contributed by atoms with Crippen LogP contribution in [0.2, 0.25) is 0 Å². The molecule has 1 amide bonds. The molecule has 0 saturated heterocycles. The van der Waals surface area contributed by atoms with Crippen molar-refractivity contribution in [3.05, 3.63) is 65.2 Å². The van der Waals surface area contributed by atoms with Crippen LogP contribution in [0.1, 0.15) is 34.0 Å². The summed E-state index contributed by atoms with van der Waals surface area (Å²) in [4.78, 5) is 23.8. The number of amides is 1. The van der Waals surface area contributed by atoms with Crippen LogP contribution in [0.15, 0.2) is 48.5 Å². The Morgan fingerprint density at radius 2 is 1.78 bits per heavy atom. The molecule has 0 fully saturated rings. The molecule has 0 aliphatic carbocycles. The van der Waals surface area contributed by atoms with Gasteiger partial charge in [-0.3, -0.25) is 9.59 Å². The summed E-state index contributed by atoms with van der Waals surface area (Å²) in [6.45, 7) is 1.96. The van der Waals surface area contributed by atoms with Gasteiger partial charge in [-0.25, -0.2) is 0 Å². The lowest BCUT2D eigenvalue weighted by atomic mass is 9.99. The lowest BCUT2D eigenvalue weighted by Crippen LogP contribution is -2.17.